The molecule has 3 aromatic rings. The van der Waals surface area contributed by atoms with Crippen molar-refractivity contribution in [2.24, 2.45) is 5.10 Å². The summed E-state index contributed by atoms with van der Waals surface area (Å²) in [4.78, 5) is 16.7. The number of hydrogen-bond acceptors (Lipinski definition) is 5. The summed E-state index contributed by atoms with van der Waals surface area (Å²) < 4.78 is 1.77. The summed E-state index contributed by atoms with van der Waals surface area (Å²) in [6.07, 6.45) is 4.84. The lowest BCUT2D eigenvalue weighted by molar-refractivity contribution is 0.0951. The molecule has 0 unspecified atom stereocenters. The average molecular weight is 286 g/mol. The van der Waals surface area contributed by atoms with Crippen molar-refractivity contribution in [3.8, 4) is 5.75 Å². The highest BCUT2D eigenvalue weighted by atomic mass is 32.1. The van der Waals surface area contributed by atoms with Gasteiger partial charge in [-0.05, 0) is 12.1 Å². The van der Waals surface area contributed by atoms with E-state index >= 15 is 0 Å². The zero-order chi connectivity index (χ0) is 13.9. The number of para-hydroxylation sites is 1. The number of rotatable bonds is 3. The van der Waals surface area contributed by atoms with Crippen molar-refractivity contribution in [1.29, 1.82) is 0 Å². The Labute approximate surface area is 118 Å². The molecule has 0 atom stereocenters. The number of aromatic hydroxyl groups is 1. The Hall–Kier alpha value is -2.67. The van der Waals surface area contributed by atoms with Crippen molar-refractivity contribution in [1.82, 2.24) is 14.8 Å². The van der Waals surface area contributed by atoms with Crippen LogP contribution in [0.1, 0.15) is 16.1 Å². The summed E-state index contributed by atoms with van der Waals surface area (Å²) in [5.74, 6) is -0.291. The largest absolute Gasteiger partial charge is 0.507 e. The van der Waals surface area contributed by atoms with Gasteiger partial charge in [0.25, 0.3) is 5.91 Å². The number of carbonyl (C=O) groups excluding carboxylic acids is 1. The fourth-order valence-electron chi connectivity index (χ4n) is 1.65. The van der Waals surface area contributed by atoms with Crippen LogP contribution in [0.3, 0.4) is 0 Å². The predicted octanol–water partition coefficient (Wildman–Crippen LogP) is 1.87. The van der Waals surface area contributed by atoms with Crippen LogP contribution in [-0.2, 0) is 0 Å². The molecule has 1 aromatic carbocycles. The molecule has 2 heterocycles. The predicted molar refractivity (Wildman–Crippen MR) is 76.2 cm³/mol. The SMILES string of the molecule is O=C(N/N=C/c1ccccc1O)c1cn2ccsc2n1. The number of fused-ring (bicyclic) bond motifs is 1. The summed E-state index contributed by atoms with van der Waals surface area (Å²) in [6.45, 7) is 0. The Morgan fingerprint density at radius 1 is 1.45 bits per heavy atom. The molecule has 6 nitrogen and oxygen atoms in total. The molecule has 20 heavy (non-hydrogen) atoms. The molecule has 0 saturated heterocycles. The third kappa shape index (κ3) is 2.39. The monoisotopic (exact) mass is 286 g/mol. The van der Waals surface area contributed by atoms with Gasteiger partial charge in [0.1, 0.15) is 11.4 Å². The number of carbonyl (C=O) groups is 1. The lowest BCUT2D eigenvalue weighted by Crippen LogP contribution is -2.17. The number of imidazole rings is 1. The molecule has 0 saturated carbocycles. The topological polar surface area (TPSA) is 79.0 Å². The summed E-state index contributed by atoms with van der Waals surface area (Å²) in [6, 6.07) is 6.72. The van der Waals surface area contributed by atoms with Gasteiger partial charge in [0.05, 0.1) is 6.21 Å². The number of amides is 1. The number of phenolic OH excluding ortho intramolecular Hbond substituents is 1. The Morgan fingerprint density at radius 3 is 3.10 bits per heavy atom. The number of hydrazone groups is 1. The highest BCUT2D eigenvalue weighted by Gasteiger charge is 2.10. The zero-order valence-corrected chi connectivity index (χ0v) is 11.0. The Morgan fingerprint density at radius 2 is 2.30 bits per heavy atom. The van der Waals surface area contributed by atoms with Crippen LogP contribution in [0.15, 0.2) is 47.1 Å². The minimum Gasteiger partial charge on any atom is -0.507 e. The van der Waals surface area contributed by atoms with Crippen LogP contribution in [0.25, 0.3) is 4.96 Å². The Bertz CT molecular complexity index is 762. The van der Waals surface area contributed by atoms with Crippen molar-refractivity contribution in [3.05, 3.63) is 53.3 Å². The maximum atomic E-state index is 11.8. The molecule has 0 aliphatic heterocycles. The first-order valence-corrected chi connectivity index (χ1v) is 6.65. The standard InChI is InChI=1S/C13H10N4O2S/c18-11-4-2-1-3-9(11)7-14-16-12(19)10-8-17-5-6-20-13(17)15-10/h1-8,18H,(H,16,19)/b14-7+. The van der Waals surface area contributed by atoms with E-state index in [0.29, 0.717) is 11.3 Å². The molecule has 0 aliphatic carbocycles. The number of benzene rings is 1. The molecule has 0 bridgehead atoms. The fourth-order valence-corrected chi connectivity index (χ4v) is 2.35. The van der Waals surface area contributed by atoms with Crippen molar-refractivity contribution >= 4 is 28.4 Å². The van der Waals surface area contributed by atoms with Gasteiger partial charge in [0, 0.05) is 23.3 Å². The minimum absolute atomic E-state index is 0.105. The van der Waals surface area contributed by atoms with E-state index in [4.69, 9.17) is 0 Å². The second-order valence-corrected chi connectivity index (χ2v) is 4.85. The van der Waals surface area contributed by atoms with E-state index in [0.717, 1.165) is 4.96 Å². The lowest BCUT2D eigenvalue weighted by Gasteiger charge is -1.97. The first-order chi connectivity index (χ1) is 9.74. The van der Waals surface area contributed by atoms with Crippen LogP contribution < -0.4 is 5.43 Å². The van der Waals surface area contributed by atoms with E-state index < -0.39 is 5.91 Å². The summed E-state index contributed by atoms with van der Waals surface area (Å²) >= 11 is 1.45. The summed E-state index contributed by atoms with van der Waals surface area (Å²) in [7, 11) is 0. The molecule has 3 rings (SSSR count). The second kappa shape index (κ2) is 5.14. The number of hydrogen-bond donors (Lipinski definition) is 2. The van der Waals surface area contributed by atoms with Crippen LogP contribution in [-0.4, -0.2) is 26.6 Å². The third-order valence-electron chi connectivity index (χ3n) is 2.63. The van der Waals surface area contributed by atoms with Gasteiger partial charge in [0.2, 0.25) is 0 Å². The van der Waals surface area contributed by atoms with Gasteiger partial charge < -0.3 is 5.11 Å². The van der Waals surface area contributed by atoms with E-state index in [1.807, 2.05) is 11.6 Å². The molecule has 0 spiro atoms. The van der Waals surface area contributed by atoms with Crippen LogP contribution >= 0.6 is 11.3 Å². The maximum absolute atomic E-state index is 11.8. The first kappa shape index (κ1) is 12.4. The molecule has 7 heteroatoms. The van der Waals surface area contributed by atoms with Crippen LogP contribution in [0.4, 0.5) is 0 Å². The van der Waals surface area contributed by atoms with Gasteiger partial charge >= 0.3 is 0 Å². The highest BCUT2D eigenvalue weighted by molar-refractivity contribution is 7.15. The Kier molecular flexibility index (Phi) is 3.18. The normalized spacial score (nSPS) is 11.2. The number of thiazole rings is 1. The smallest absolute Gasteiger partial charge is 0.291 e. The molecule has 0 fully saturated rings. The fraction of sp³-hybridized carbons (Fsp3) is 0. The molecule has 2 aromatic heterocycles. The van der Waals surface area contributed by atoms with Gasteiger partial charge in [-0.1, -0.05) is 12.1 Å². The molecular formula is C13H10N4O2S. The van der Waals surface area contributed by atoms with Crippen molar-refractivity contribution < 1.29 is 9.90 Å². The summed E-state index contributed by atoms with van der Waals surface area (Å²) in [5.41, 5.74) is 3.20. The van der Waals surface area contributed by atoms with Crippen molar-refractivity contribution in [3.63, 3.8) is 0 Å². The average Bonchev–Trinajstić information content (AvgIpc) is 3.01. The quantitative estimate of drug-likeness (QED) is 0.570. The molecule has 100 valence electrons. The summed E-state index contributed by atoms with van der Waals surface area (Å²) in [5, 5.41) is 15.2. The number of nitrogens with zero attached hydrogens (tertiary/aromatic N) is 3. The van der Waals surface area contributed by atoms with Crippen LogP contribution in [0.5, 0.6) is 5.75 Å². The van der Waals surface area contributed by atoms with E-state index in [9.17, 15) is 9.90 Å². The Balaban J connectivity index is 1.70. The van der Waals surface area contributed by atoms with Crippen molar-refractivity contribution in [2.45, 2.75) is 0 Å². The second-order valence-electron chi connectivity index (χ2n) is 3.98. The molecule has 0 radical (unpaired) electrons. The highest BCUT2D eigenvalue weighted by Crippen LogP contribution is 2.13. The van der Waals surface area contributed by atoms with Gasteiger partial charge in [-0.3, -0.25) is 9.20 Å². The van der Waals surface area contributed by atoms with E-state index in [-0.39, 0.29) is 5.75 Å². The molecule has 2 N–H and O–H groups in total. The van der Waals surface area contributed by atoms with E-state index in [1.165, 1.54) is 17.6 Å². The molecule has 0 aliphatic rings. The zero-order valence-electron chi connectivity index (χ0n) is 10.2. The molecular weight excluding hydrogens is 276 g/mol. The van der Waals surface area contributed by atoms with E-state index in [2.05, 4.69) is 15.5 Å². The lowest BCUT2D eigenvalue weighted by atomic mass is 10.2. The minimum atomic E-state index is -0.396. The van der Waals surface area contributed by atoms with Gasteiger partial charge in [-0.2, -0.15) is 5.10 Å². The van der Waals surface area contributed by atoms with Gasteiger partial charge in [-0.25, -0.2) is 10.4 Å². The van der Waals surface area contributed by atoms with Crippen LogP contribution in [0, 0.1) is 0 Å². The number of aromatic nitrogens is 2. The van der Waals surface area contributed by atoms with E-state index in [1.54, 1.807) is 34.9 Å². The number of phenols is 1. The molecule has 1 amide bonds. The van der Waals surface area contributed by atoms with Crippen LogP contribution in [0.2, 0.25) is 0 Å². The van der Waals surface area contributed by atoms with Gasteiger partial charge in [0.15, 0.2) is 4.96 Å². The number of nitrogens with one attached hydrogen (secondary N) is 1. The van der Waals surface area contributed by atoms with Gasteiger partial charge in [-0.15, -0.1) is 11.3 Å². The van der Waals surface area contributed by atoms with Crippen molar-refractivity contribution in [2.75, 3.05) is 0 Å². The first-order valence-electron chi connectivity index (χ1n) is 5.77. The third-order valence-corrected chi connectivity index (χ3v) is 3.40. The maximum Gasteiger partial charge on any atom is 0.291 e.